The fourth-order valence-electron chi connectivity index (χ4n) is 2.50. The van der Waals surface area contributed by atoms with Crippen LogP contribution in [0.25, 0.3) is 0 Å². The predicted octanol–water partition coefficient (Wildman–Crippen LogP) is 3.19. The lowest BCUT2D eigenvalue weighted by Gasteiger charge is -2.23. The molecule has 0 fully saturated rings. The first-order valence-electron chi connectivity index (χ1n) is 8.70. The number of nitrogens with zero attached hydrogens (tertiary/aromatic N) is 1. The molecule has 0 bridgehead atoms. The molecule has 0 saturated heterocycles. The van der Waals surface area contributed by atoms with Gasteiger partial charge in [-0.1, -0.05) is 6.07 Å². The molecule has 8 nitrogen and oxygen atoms in total. The molecule has 152 valence electrons. The van der Waals surface area contributed by atoms with Gasteiger partial charge in [0.25, 0.3) is 0 Å². The van der Waals surface area contributed by atoms with E-state index in [2.05, 4.69) is 10.6 Å². The molecule has 0 spiro atoms. The number of nitrogens with one attached hydrogen (secondary N) is 2. The van der Waals surface area contributed by atoms with E-state index in [-0.39, 0.29) is 0 Å². The summed E-state index contributed by atoms with van der Waals surface area (Å²) in [5.74, 6) is 0.0936. The molecule has 0 radical (unpaired) electrons. The van der Waals surface area contributed by atoms with Gasteiger partial charge in [0, 0.05) is 23.5 Å². The lowest BCUT2D eigenvalue weighted by atomic mass is 9.90. The van der Waals surface area contributed by atoms with Crippen molar-refractivity contribution in [3.63, 3.8) is 0 Å². The molecule has 8 heteroatoms. The highest BCUT2D eigenvalue weighted by atomic mass is 16.5. The van der Waals surface area contributed by atoms with Crippen LogP contribution in [0.5, 0.6) is 17.2 Å². The van der Waals surface area contributed by atoms with Crippen LogP contribution in [0.4, 0.5) is 11.4 Å². The van der Waals surface area contributed by atoms with Crippen molar-refractivity contribution >= 4 is 23.2 Å². The minimum atomic E-state index is -1.40. The van der Waals surface area contributed by atoms with E-state index in [1.807, 2.05) is 6.07 Å². The summed E-state index contributed by atoms with van der Waals surface area (Å²) in [7, 11) is 4.42. The minimum Gasteiger partial charge on any atom is -0.493 e. The van der Waals surface area contributed by atoms with Crippen LogP contribution in [0, 0.1) is 16.7 Å². The summed E-state index contributed by atoms with van der Waals surface area (Å²) in [6.45, 7) is 3.01. The third-order valence-electron chi connectivity index (χ3n) is 4.31. The van der Waals surface area contributed by atoms with Crippen molar-refractivity contribution in [1.82, 2.24) is 0 Å². The average molecular weight is 397 g/mol. The monoisotopic (exact) mass is 397 g/mol. The molecule has 2 rings (SSSR count). The zero-order valence-corrected chi connectivity index (χ0v) is 17.0. The first-order chi connectivity index (χ1) is 13.8. The molecule has 0 aliphatic rings. The van der Waals surface area contributed by atoms with E-state index in [0.717, 1.165) is 0 Å². The van der Waals surface area contributed by atoms with Crippen molar-refractivity contribution in [3.8, 4) is 23.3 Å². The van der Waals surface area contributed by atoms with Crippen molar-refractivity contribution in [1.29, 1.82) is 5.26 Å². The lowest BCUT2D eigenvalue weighted by molar-refractivity contribution is -0.135. The molecule has 2 amide bonds. The summed E-state index contributed by atoms with van der Waals surface area (Å²) in [5, 5.41) is 14.3. The quantitative estimate of drug-likeness (QED) is 0.695. The van der Waals surface area contributed by atoms with Crippen LogP contribution in [0.2, 0.25) is 0 Å². The van der Waals surface area contributed by atoms with Crippen LogP contribution < -0.4 is 24.8 Å². The summed E-state index contributed by atoms with van der Waals surface area (Å²) in [5.41, 5.74) is -0.176. The highest BCUT2D eigenvalue weighted by Crippen LogP contribution is 2.40. The van der Waals surface area contributed by atoms with E-state index in [0.29, 0.717) is 34.2 Å². The SMILES string of the molecule is COc1cc(NC(=O)C(C)(C)C(=O)Nc2cccc(C#N)c2)cc(OC)c1OC. The van der Waals surface area contributed by atoms with Crippen molar-refractivity contribution in [2.24, 2.45) is 5.41 Å². The summed E-state index contributed by atoms with van der Waals surface area (Å²) in [4.78, 5) is 25.5. The maximum Gasteiger partial charge on any atom is 0.239 e. The number of rotatable bonds is 7. The topological polar surface area (TPSA) is 110 Å². The molecule has 0 aliphatic carbocycles. The maximum atomic E-state index is 12.8. The molecule has 0 aliphatic heterocycles. The molecule has 0 heterocycles. The number of carbonyl (C=O) groups excluding carboxylic acids is 2. The van der Waals surface area contributed by atoms with Crippen LogP contribution in [-0.4, -0.2) is 33.1 Å². The molecule has 0 aromatic heterocycles. The number of methoxy groups -OCH3 is 3. The van der Waals surface area contributed by atoms with Gasteiger partial charge in [-0.25, -0.2) is 0 Å². The van der Waals surface area contributed by atoms with E-state index in [9.17, 15) is 9.59 Å². The fourth-order valence-corrected chi connectivity index (χ4v) is 2.50. The Hall–Kier alpha value is -3.73. The van der Waals surface area contributed by atoms with Gasteiger partial charge in [-0.05, 0) is 32.0 Å². The number of amides is 2. The van der Waals surface area contributed by atoms with E-state index < -0.39 is 17.2 Å². The van der Waals surface area contributed by atoms with Gasteiger partial charge in [-0.15, -0.1) is 0 Å². The zero-order valence-electron chi connectivity index (χ0n) is 17.0. The van der Waals surface area contributed by atoms with E-state index in [4.69, 9.17) is 19.5 Å². The summed E-state index contributed by atoms with van der Waals surface area (Å²) in [6, 6.07) is 11.6. The van der Waals surface area contributed by atoms with E-state index >= 15 is 0 Å². The minimum absolute atomic E-state index is 0.373. The Kier molecular flexibility index (Phi) is 6.67. The first-order valence-corrected chi connectivity index (χ1v) is 8.70. The highest BCUT2D eigenvalue weighted by molar-refractivity contribution is 6.14. The first kappa shape index (κ1) is 21.6. The largest absolute Gasteiger partial charge is 0.493 e. The standard InChI is InChI=1S/C21H23N3O5/c1-21(2,19(25)23-14-8-6-7-13(9-14)12-22)20(26)24-15-10-16(27-3)18(29-5)17(11-15)28-4/h6-11H,1-5H3,(H,23,25)(H,24,26). The van der Waals surface area contributed by atoms with Crippen molar-refractivity contribution < 1.29 is 23.8 Å². The summed E-state index contributed by atoms with van der Waals surface area (Å²) < 4.78 is 15.8. The third-order valence-corrected chi connectivity index (χ3v) is 4.31. The lowest BCUT2D eigenvalue weighted by Crippen LogP contribution is -2.41. The van der Waals surface area contributed by atoms with Crippen molar-refractivity contribution in [3.05, 3.63) is 42.0 Å². The Bertz CT molecular complexity index is 938. The van der Waals surface area contributed by atoms with Gasteiger partial charge < -0.3 is 24.8 Å². The van der Waals surface area contributed by atoms with Crippen LogP contribution in [0.15, 0.2) is 36.4 Å². The molecular weight excluding hydrogens is 374 g/mol. The average Bonchev–Trinajstić information content (AvgIpc) is 2.72. The molecular formula is C21H23N3O5. The predicted molar refractivity (Wildman–Crippen MR) is 108 cm³/mol. The Morgan fingerprint density at radius 2 is 1.45 bits per heavy atom. The number of anilines is 2. The van der Waals surface area contributed by atoms with Crippen LogP contribution in [0.3, 0.4) is 0 Å². The van der Waals surface area contributed by atoms with Crippen LogP contribution >= 0.6 is 0 Å². The second-order valence-corrected chi connectivity index (χ2v) is 6.64. The Balaban J connectivity index is 2.22. The third kappa shape index (κ3) is 4.76. The Morgan fingerprint density at radius 3 is 1.93 bits per heavy atom. The molecule has 2 aromatic rings. The fraction of sp³-hybridized carbons (Fsp3) is 0.286. The highest BCUT2D eigenvalue weighted by Gasteiger charge is 2.36. The number of ether oxygens (including phenoxy) is 3. The van der Waals surface area contributed by atoms with Crippen LogP contribution in [-0.2, 0) is 9.59 Å². The van der Waals surface area contributed by atoms with Gasteiger partial charge in [0.2, 0.25) is 17.6 Å². The molecule has 0 unspecified atom stereocenters. The maximum absolute atomic E-state index is 12.8. The van der Waals surface area contributed by atoms with Gasteiger partial charge in [-0.3, -0.25) is 9.59 Å². The molecule has 0 saturated carbocycles. The van der Waals surface area contributed by atoms with Crippen molar-refractivity contribution in [2.45, 2.75) is 13.8 Å². The van der Waals surface area contributed by atoms with Gasteiger partial charge in [0.1, 0.15) is 5.41 Å². The molecule has 2 aromatic carbocycles. The summed E-state index contributed by atoms with van der Waals surface area (Å²) >= 11 is 0. The molecule has 0 atom stereocenters. The number of hydrogen-bond acceptors (Lipinski definition) is 6. The normalized spacial score (nSPS) is 10.5. The smallest absolute Gasteiger partial charge is 0.239 e. The number of hydrogen-bond donors (Lipinski definition) is 2. The van der Waals surface area contributed by atoms with Gasteiger partial charge >= 0.3 is 0 Å². The second-order valence-electron chi connectivity index (χ2n) is 6.64. The Morgan fingerprint density at radius 1 is 0.897 bits per heavy atom. The Labute approximate surface area is 169 Å². The van der Waals surface area contributed by atoms with Gasteiger partial charge in [0.05, 0.1) is 33.0 Å². The molecule has 29 heavy (non-hydrogen) atoms. The zero-order chi connectivity index (χ0) is 21.6. The van der Waals surface area contributed by atoms with Gasteiger partial charge in [-0.2, -0.15) is 5.26 Å². The second kappa shape index (κ2) is 8.97. The number of benzene rings is 2. The van der Waals surface area contributed by atoms with Gasteiger partial charge in [0.15, 0.2) is 11.5 Å². The van der Waals surface area contributed by atoms with Crippen molar-refractivity contribution in [2.75, 3.05) is 32.0 Å². The number of nitriles is 1. The van der Waals surface area contributed by atoms with E-state index in [1.54, 1.807) is 30.3 Å². The summed E-state index contributed by atoms with van der Waals surface area (Å²) in [6.07, 6.45) is 0. The number of carbonyl (C=O) groups is 2. The van der Waals surface area contributed by atoms with E-state index in [1.165, 1.54) is 41.2 Å². The molecule has 2 N–H and O–H groups in total. The van der Waals surface area contributed by atoms with Crippen LogP contribution in [0.1, 0.15) is 19.4 Å².